The molecule has 0 fully saturated rings. The first-order valence-electron chi connectivity index (χ1n) is 3.26. The summed E-state index contributed by atoms with van der Waals surface area (Å²) < 4.78 is 26.6. The zero-order valence-electron chi connectivity index (χ0n) is 8.30. The van der Waals surface area contributed by atoms with Crippen molar-refractivity contribution in [3.05, 3.63) is 43.2 Å². The molecule has 0 atom stereocenters. The van der Waals surface area contributed by atoms with Crippen molar-refractivity contribution in [1.82, 2.24) is 0 Å². The Bertz CT molecular complexity index is 363. The quantitative estimate of drug-likeness (QED) is 0.350. The molecule has 1 rings (SSSR count). The van der Waals surface area contributed by atoms with Crippen LogP contribution in [0.5, 0.6) is 0 Å². The summed E-state index contributed by atoms with van der Waals surface area (Å²) in [5.41, 5.74) is 0. The Morgan fingerprint density at radius 2 is 1.85 bits per heavy atom. The molecule has 0 spiro atoms. The smallest absolute Gasteiger partial charge is 1.00 e. The second kappa shape index (κ2) is 5.44. The van der Waals surface area contributed by atoms with Crippen LogP contribution < -0.4 is 29.6 Å². The van der Waals surface area contributed by atoms with Gasteiger partial charge in [-0.05, 0) is 12.1 Å². The van der Waals surface area contributed by atoms with Crippen LogP contribution in [0.3, 0.4) is 0 Å². The fourth-order valence-corrected chi connectivity index (χ4v) is 1.51. The number of rotatable bonds is 3. The molecule has 66 valence electrons. The molecule has 0 N–H and O–H groups in total. The molecule has 0 aliphatic rings. The van der Waals surface area contributed by atoms with Gasteiger partial charge in [0.05, 0.1) is 6.26 Å². The molecule has 0 aliphatic carbocycles. The van der Waals surface area contributed by atoms with Gasteiger partial charge in [-0.25, -0.2) is 0 Å². The molecule has 0 saturated heterocycles. The SMILES string of the molecule is C=COS(=O)(=O)c1ccccc1.[H-].[Na+]. The van der Waals surface area contributed by atoms with E-state index in [2.05, 4.69) is 10.8 Å². The van der Waals surface area contributed by atoms with E-state index in [-0.39, 0.29) is 35.9 Å². The molecule has 0 bridgehead atoms. The van der Waals surface area contributed by atoms with Crippen molar-refractivity contribution in [2.24, 2.45) is 0 Å². The first-order valence-corrected chi connectivity index (χ1v) is 4.67. The number of hydrogen-bond donors (Lipinski definition) is 0. The third-order valence-corrected chi connectivity index (χ3v) is 2.47. The standard InChI is InChI=1S/C8H8O3S.Na.H/c1-2-11-12(9,10)8-6-4-3-5-7-8;;/h2-7H,1H2;;/q;+1;-1. The molecule has 0 aliphatic heterocycles. The third kappa shape index (κ3) is 3.52. The summed E-state index contributed by atoms with van der Waals surface area (Å²) in [5.74, 6) is 0. The topological polar surface area (TPSA) is 43.4 Å². The van der Waals surface area contributed by atoms with Crippen LogP contribution in [-0.2, 0) is 14.3 Å². The average Bonchev–Trinajstić information content (AvgIpc) is 2.06. The van der Waals surface area contributed by atoms with Crippen molar-refractivity contribution in [2.75, 3.05) is 0 Å². The van der Waals surface area contributed by atoms with Crippen molar-refractivity contribution in [3.63, 3.8) is 0 Å². The summed E-state index contributed by atoms with van der Waals surface area (Å²) in [6.07, 6.45) is 0.891. The normalized spacial score (nSPS) is 9.85. The maximum absolute atomic E-state index is 11.1. The van der Waals surface area contributed by atoms with Gasteiger partial charge in [-0.15, -0.1) is 0 Å². The Morgan fingerprint density at radius 1 is 1.31 bits per heavy atom. The third-order valence-electron chi connectivity index (χ3n) is 1.23. The molecule has 0 amide bonds. The molecule has 0 aromatic heterocycles. The van der Waals surface area contributed by atoms with Gasteiger partial charge in [0, 0.05) is 0 Å². The molecule has 1 aromatic carbocycles. The summed E-state index contributed by atoms with van der Waals surface area (Å²) in [6.45, 7) is 3.17. The van der Waals surface area contributed by atoms with E-state index in [1.54, 1.807) is 18.2 Å². The number of benzene rings is 1. The van der Waals surface area contributed by atoms with E-state index in [4.69, 9.17) is 0 Å². The van der Waals surface area contributed by atoms with Crippen LogP contribution in [0.4, 0.5) is 0 Å². The Labute approximate surface area is 101 Å². The van der Waals surface area contributed by atoms with Crippen molar-refractivity contribution < 1.29 is 43.6 Å². The zero-order chi connectivity index (χ0) is 9.03. The molecular weight excluding hydrogens is 199 g/mol. The molecule has 1 aromatic rings. The summed E-state index contributed by atoms with van der Waals surface area (Å²) in [4.78, 5) is 0.130. The van der Waals surface area contributed by atoms with E-state index in [0.717, 1.165) is 6.26 Å². The van der Waals surface area contributed by atoms with E-state index in [1.165, 1.54) is 12.1 Å². The second-order valence-corrected chi connectivity index (χ2v) is 3.60. The molecule has 0 radical (unpaired) electrons. The molecule has 0 unspecified atom stereocenters. The first kappa shape index (κ1) is 12.7. The molecule has 0 saturated carbocycles. The Balaban J connectivity index is 0. The second-order valence-electron chi connectivity index (χ2n) is 2.03. The van der Waals surface area contributed by atoms with Gasteiger partial charge < -0.3 is 5.61 Å². The largest absolute Gasteiger partial charge is 1.00 e. The van der Waals surface area contributed by atoms with Crippen molar-refractivity contribution >= 4 is 10.1 Å². The fourth-order valence-electron chi connectivity index (χ4n) is 0.732. The maximum Gasteiger partial charge on any atom is 1.00 e. The van der Waals surface area contributed by atoms with Crippen molar-refractivity contribution in [1.29, 1.82) is 0 Å². The molecular formula is C8H9NaO3S. The van der Waals surface area contributed by atoms with Crippen LogP contribution >= 0.6 is 0 Å². The monoisotopic (exact) mass is 208 g/mol. The van der Waals surface area contributed by atoms with Crippen LogP contribution in [0.1, 0.15) is 1.43 Å². The number of hydrogen-bond acceptors (Lipinski definition) is 3. The van der Waals surface area contributed by atoms with Gasteiger partial charge in [0.1, 0.15) is 4.90 Å². The Hall–Kier alpha value is -0.290. The predicted molar refractivity (Wildman–Crippen MR) is 46.0 cm³/mol. The van der Waals surface area contributed by atoms with Crippen LogP contribution in [0, 0.1) is 0 Å². The van der Waals surface area contributed by atoms with Gasteiger partial charge in [0.2, 0.25) is 0 Å². The van der Waals surface area contributed by atoms with Crippen LogP contribution in [0.25, 0.3) is 0 Å². The maximum atomic E-state index is 11.1. The van der Waals surface area contributed by atoms with Crippen molar-refractivity contribution in [3.8, 4) is 0 Å². The minimum absolute atomic E-state index is 0. The van der Waals surface area contributed by atoms with E-state index in [0.29, 0.717) is 0 Å². The van der Waals surface area contributed by atoms with Gasteiger partial charge in [-0.3, -0.25) is 0 Å². The van der Waals surface area contributed by atoms with Gasteiger partial charge >= 0.3 is 39.7 Å². The van der Waals surface area contributed by atoms with Gasteiger partial charge in [-0.2, -0.15) is 8.42 Å². The predicted octanol–water partition coefficient (Wildman–Crippen LogP) is -1.35. The van der Waals surface area contributed by atoms with Crippen LogP contribution in [0.2, 0.25) is 0 Å². The van der Waals surface area contributed by atoms with Gasteiger partial charge in [0.25, 0.3) is 0 Å². The van der Waals surface area contributed by atoms with Crippen molar-refractivity contribution in [2.45, 2.75) is 4.90 Å². The minimum atomic E-state index is -3.63. The summed E-state index contributed by atoms with van der Waals surface area (Å²) >= 11 is 0. The van der Waals surface area contributed by atoms with Crippen LogP contribution in [-0.4, -0.2) is 8.42 Å². The van der Waals surface area contributed by atoms with E-state index in [1.807, 2.05) is 0 Å². The van der Waals surface area contributed by atoms with E-state index >= 15 is 0 Å². The first-order chi connectivity index (χ1) is 5.67. The molecule has 0 heterocycles. The summed E-state index contributed by atoms with van der Waals surface area (Å²) in [7, 11) is -3.63. The molecule has 5 heteroatoms. The van der Waals surface area contributed by atoms with Crippen LogP contribution in [0.15, 0.2) is 48.1 Å². The average molecular weight is 208 g/mol. The zero-order valence-corrected chi connectivity index (χ0v) is 10.1. The van der Waals surface area contributed by atoms with Gasteiger partial charge in [-0.1, -0.05) is 24.8 Å². The fraction of sp³-hybridized carbons (Fsp3) is 0. The minimum Gasteiger partial charge on any atom is -1.00 e. The van der Waals surface area contributed by atoms with Gasteiger partial charge in [0.15, 0.2) is 0 Å². The van der Waals surface area contributed by atoms with E-state index in [9.17, 15) is 8.42 Å². The molecule has 3 nitrogen and oxygen atoms in total. The summed E-state index contributed by atoms with van der Waals surface area (Å²) in [6, 6.07) is 7.89. The Kier molecular flexibility index (Phi) is 5.32. The molecule has 13 heavy (non-hydrogen) atoms. The van der Waals surface area contributed by atoms with E-state index < -0.39 is 10.1 Å². The Morgan fingerprint density at radius 3 is 2.31 bits per heavy atom. The summed E-state index contributed by atoms with van der Waals surface area (Å²) in [5, 5.41) is 0.